The number of rotatable bonds is 10. The van der Waals surface area contributed by atoms with Crippen molar-refractivity contribution in [2.75, 3.05) is 11.1 Å². The van der Waals surface area contributed by atoms with Crippen molar-refractivity contribution in [3.63, 3.8) is 0 Å². The van der Waals surface area contributed by atoms with E-state index in [0.717, 1.165) is 42.6 Å². The Morgan fingerprint density at radius 3 is 2.46 bits per heavy atom. The monoisotopic (exact) mass is 496 g/mol. The fourth-order valence-corrected chi connectivity index (χ4v) is 4.84. The normalized spacial score (nSPS) is 13.4. The topological polar surface area (TPSA) is 54.2 Å². The standard InChI is InChI=1S/C32H37FN4/c1-6-9-25(8-3)21(4)35-26-14-15-27(28(33)18-26)31-19-29(34)32-22(5)37(17-16-30(32)36-31)20-24-12-10-23(7-2)11-13-24/h10-19,25,35H,4-9,20H2,1-3H3,(H2,34,36). The average Bonchev–Trinajstić information content (AvgIpc) is 2.89. The zero-order valence-corrected chi connectivity index (χ0v) is 22.2. The molecule has 1 aromatic heterocycles. The van der Waals surface area contributed by atoms with E-state index in [1.165, 1.54) is 17.2 Å². The van der Waals surface area contributed by atoms with Gasteiger partial charge in [-0.05, 0) is 66.6 Å². The number of pyridine rings is 1. The van der Waals surface area contributed by atoms with Crippen LogP contribution in [0.5, 0.6) is 0 Å². The van der Waals surface area contributed by atoms with Crippen molar-refractivity contribution in [2.24, 2.45) is 5.92 Å². The molecule has 1 aliphatic rings. The van der Waals surface area contributed by atoms with Gasteiger partial charge < -0.3 is 16.0 Å². The quantitative estimate of drug-likeness (QED) is 0.297. The van der Waals surface area contributed by atoms with E-state index in [0.29, 0.717) is 40.8 Å². The Balaban J connectivity index is 1.54. The first-order valence-corrected chi connectivity index (χ1v) is 13.1. The van der Waals surface area contributed by atoms with Gasteiger partial charge in [-0.2, -0.15) is 0 Å². The van der Waals surface area contributed by atoms with Gasteiger partial charge in [-0.25, -0.2) is 9.37 Å². The maximum absolute atomic E-state index is 15.2. The molecule has 0 amide bonds. The summed E-state index contributed by atoms with van der Waals surface area (Å²) in [7, 11) is 0. The van der Waals surface area contributed by atoms with Crippen LogP contribution >= 0.6 is 0 Å². The van der Waals surface area contributed by atoms with Crippen LogP contribution in [-0.4, -0.2) is 9.88 Å². The predicted octanol–water partition coefficient (Wildman–Crippen LogP) is 8.24. The number of nitrogens with two attached hydrogens (primary N) is 1. The van der Waals surface area contributed by atoms with Crippen LogP contribution in [0.25, 0.3) is 23.0 Å². The van der Waals surface area contributed by atoms with E-state index in [1.807, 2.05) is 18.3 Å². The molecule has 0 fully saturated rings. The number of hydrogen-bond donors (Lipinski definition) is 2. The lowest BCUT2D eigenvalue weighted by atomic mass is 9.97. The van der Waals surface area contributed by atoms with Crippen molar-refractivity contribution >= 4 is 23.1 Å². The van der Waals surface area contributed by atoms with Crippen LogP contribution < -0.4 is 11.1 Å². The molecule has 2 aromatic carbocycles. The Labute approximate surface area is 220 Å². The molecule has 1 atom stereocenters. The number of aryl methyl sites for hydroxylation is 1. The first kappa shape index (κ1) is 26.2. The number of benzene rings is 2. The van der Waals surface area contributed by atoms with Gasteiger partial charge in [0.25, 0.3) is 0 Å². The van der Waals surface area contributed by atoms with Crippen molar-refractivity contribution in [3.8, 4) is 11.3 Å². The van der Waals surface area contributed by atoms with Crippen LogP contribution in [0.1, 0.15) is 62.4 Å². The number of aromatic nitrogens is 1. The Morgan fingerprint density at radius 1 is 1.08 bits per heavy atom. The summed E-state index contributed by atoms with van der Waals surface area (Å²) in [5.74, 6) is 0.00830. The molecule has 0 saturated carbocycles. The smallest absolute Gasteiger partial charge is 0.134 e. The molecule has 2 heterocycles. The summed E-state index contributed by atoms with van der Waals surface area (Å²) in [6.45, 7) is 15.6. The molecule has 4 rings (SSSR count). The number of nitrogens with zero attached hydrogens (tertiary/aromatic N) is 2. The molecule has 0 spiro atoms. The van der Waals surface area contributed by atoms with Gasteiger partial charge in [0.05, 0.1) is 11.4 Å². The van der Waals surface area contributed by atoms with Crippen LogP contribution in [-0.2, 0) is 13.0 Å². The molecule has 5 heteroatoms. The number of fused-ring (bicyclic) bond motifs is 1. The van der Waals surface area contributed by atoms with Gasteiger partial charge in [0.2, 0.25) is 0 Å². The zero-order valence-electron chi connectivity index (χ0n) is 22.2. The van der Waals surface area contributed by atoms with Gasteiger partial charge in [-0.15, -0.1) is 0 Å². The van der Waals surface area contributed by atoms with Gasteiger partial charge in [-0.3, -0.25) is 0 Å². The second-order valence-electron chi connectivity index (χ2n) is 9.66. The molecular formula is C32H37FN4. The van der Waals surface area contributed by atoms with Crippen LogP contribution in [0.2, 0.25) is 0 Å². The number of halogens is 1. The Bertz CT molecular complexity index is 1320. The van der Waals surface area contributed by atoms with Gasteiger partial charge in [0, 0.05) is 46.6 Å². The van der Waals surface area contributed by atoms with E-state index >= 15 is 4.39 Å². The molecule has 37 heavy (non-hydrogen) atoms. The van der Waals surface area contributed by atoms with Gasteiger partial charge >= 0.3 is 0 Å². The van der Waals surface area contributed by atoms with E-state index < -0.39 is 0 Å². The van der Waals surface area contributed by atoms with Crippen molar-refractivity contribution in [3.05, 3.63) is 102 Å². The molecule has 0 aliphatic carbocycles. The van der Waals surface area contributed by atoms with Gasteiger partial charge in [0.15, 0.2) is 0 Å². The van der Waals surface area contributed by atoms with Crippen LogP contribution in [0.3, 0.4) is 0 Å². The summed E-state index contributed by atoms with van der Waals surface area (Å²) >= 11 is 0. The zero-order chi connectivity index (χ0) is 26.5. The minimum atomic E-state index is -0.357. The Hall–Kier alpha value is -3.86. The lowest BCUT2D eigenvalue weighted by Gasteiger charge is -2.28. The lowest BCUT2D eigenvalue weighted by molar-refractivity contribution is 0.526. The molecule has 1 aliphatic heterocycles. The van der Waals surface area contributed by atoms with E-state index in [1.54, 1.807) is 12.1 Å². The van der Waals surface area contributed by atoms with Crippen LogP contribution in [0.15, 0.2) is 73.6 Å². The van der Waals surface area contributed by atoms with Crippen LogP contribution in [0.4, 0.5) is 15.8 Å². The molecule has 0 bridgehead atoms. The average molecular weight is 497 g/mol. The Morgan fingerprint density at radius 2 is 1.81 bits per heavy atom. The summed E-state index contributed by atoms with van der Waals surface area (Å²) in [6, 6.07) is 15.4. The highest BCUT2D eigenvalue weighted by Crippen LogP contribution is 2.36. The Kier molecular flexibility index (Phi) is 8.12. The van der Waals surface area contributed by atoms with Crippen molar-refractivity contribution < 1.29 is 4.39 Å². The van der Waals surface area contributed by atoms with Gasteiger partial charge in [-0.1, -0.05) is 64.6 Å². The van der Waals surface area contributed by atoms with E-state index in [-0.39, 0.29) is 5.82 Å². The molecule has 0 radical (unpaired) electrons. The number of nitrogen functional groups attached to an aromatic ring is 1. The first-order valence-electron chi connectivity index (χ1n) is 13.1. The molecule has 3 N–H and O–H groups in total. The summed E-state index contributed by atoms with van der Waals surface area (Å²) in [5.41, 5.74) is 14.3. The van der Waals surface area contributed by atoms with E-state index in [9.17, 15) is 0 Å². The lowest BCUT2D eigenvalue weighted by Crippen LogP contribution is -2.20. The highest BCUT2D eigenvalue weighted by atomic mass is 19.1. The molecule has 4 nitrogen and oxygen atoms in total. The fourth-order valence-electron chi connectivity index (χ4n) is 4.84. The maximum atomic E-state index is 15.2. The third kappa shape index (κ3) is 5.77. The highest BCUT2D eigenvalue weighted by Gasteiger charge is 2.22. The second kappa shape index (κ2) is 11.5. The van der Waals surface area contributed by atoms with Gasteiger partial charge in [0.1, 0.15) is 5.82 Å². The summed E-state index contributed by atoms with van der Waals surface area (Å²) < 4.78 is 15.2. The third-order valence-corrected chi connectivity index (χ3v) is 7.08. The summed E-state index contributed by atoms with van der Waals surface area (Å²) in [4.78, 5) is 6.81. The number of anilines is 2. The minimum Gasteiger partial charge on any atom is -0.398 e. The largest absolute Gasteiger partial charge is 0.398 e. The fraction of sp³-hybridized carbons (Fsp3) is 0.281. The molecule has 0 saturated heterocycles. The molecule has 192 valence electrons. The van der Waals surface area contributed by atoms with E-state index in [4.69, 9.17) is 10.7 Å². The summed E-state index contributed by atoms with van der Waals surface area (Å²) in [5, 5.41) is 3.29. The van der Waals surface area contributed by atoms with Crippen molar-refractivity contribution in [2.45, 2.75) is 53.0 Å². The molecular weight excluding hydrogens is 459 g/mol. The molecule has 3 aromatic rings. The van der Waals surface area contributed by atoms with Crippen molar-refractivity contribution in [1.29, 1.82) is 0 Å². The molecule has 1 unspecified atom stereocenters. The number of hydrogen-bond acceptors (Lipinski definition) is 4. The highest BCUT2D eigenvalue weighted by molar-refractivity contribution is 5.84. The SMILES string of the molecule is C=C(Nc1ccc(-c2cc(N)c3c(n2)C=CN(Cc2ccc(CC)cc2)C3=C)c(F)c1)C(CC)CCC. The van der Waals surface area contributed by atoms with E-state index in [2.05, 4.69) is 68.4 Å². The van der Waals surface area contributed by atoms with Crippen LogP contribution in [0, 0.1) is 11.7 Å². The van der Waals surface area contributed by atoms with Crippen molar-refractivity contribution in [1.82, 2.24) is 9.88 Å². The second-order valence-corrected chi connectivity index (χ2v) is 9.66. The summed E-state index contributed by atoms with van der Waals surface area (Å²) in [6.07, 6.45) is 8.04. The third-order valence-electron chi connectivity index (χ3n) is 7.08. The number of allylic oxidation sites excluding steroid dienone is 1. The maximum Gasteiger partial charge on any atom is 0.134 e. The minimum absolute atomic E-state index is 0.357. The number of nitrogens with one attached hydrogen (secondary N) is 1. The predicted molar refractivity (Wildman–Crippen MR) is 155 cm³/mol. The first-order chi connectivity index (χ1) is 17.8.